The fraction of sp³-hybridized carbons (Fsp3) is 0.0952. The predicted molar refractivity (Wildman–Crippen MR) is 111 cm³/mol. The quantitative estimate of drug-likeness (QED) is 0.507. The zero-order valence-electron chi connectivity index (χ0n) is 15.6. The van der Waals surface area contributed by atoms with Gasteiger partial charge in [-0.25, -0.2) is 4.39 Å². The summed E-state index contributed by atoms with van der Waals surface area (Å²) in [5, 5.41) is 4.25. The van der Waals surface area contributed by atoms with E-state index in [1.165, 1.54) is 28.0 Å². The first-order valence-corrected chi connectivity index (χ1v) is 9.46. The van der Waals surface area contributed by atoms with Crippen LogP contribution in [0.25, 0.3) is 23.2 Å². The predicted octanol–water partition coefficient (Wildman–Crippen LogP) is 3.03. The Kier molecular flexibility index (Phi) is 5.09. The molecule has 2 heterocycles. The number of benzene rings is 2. The Labute approximate surface area is 169 Å². The van der Waals surface area contributed by atoms with Gasteiger partial charge in [-0.3, -0.25) is 4.79 Å². The number of methoxy groups -OCH3 is 2. The molecule has 4 aromatic rings. The zero-order chi connectivity index (χ0) is 20.4. The van der Waals surface area contributed by atoms with E-state index < -0.39 is 0 Å². The van der Waals surface area contributed by atoms with Crippen molar-refractivity contribution in [1.82, 2.24) is 14.6 Å². The molecular weight excluding hydrogens is 393 g/mol. The second kappa shape index (κ2) is 7.84. The molecule has 6 nitrogen and oxygen atoms in total. The summed E-state index contributed by atoms with van der Waals surface area (Å²) in [7, 11) is 3.15. The second-order valence-corrected chi connectivity index (χ2v) is 7.09. The third-order valence-electron chi connectivity index (χ3n) is 4.18. The van der Waals surface area contributed by atoms with Crippen LogP contribution in [0.1, 0.15) is 17.0 Å². The van der Waals surface area contributed by atoms with E-state index in [1.807, 2.05) is 24.3 Å². The van der Waals surface area contributed by atoms with Crippen molar-refractivity contribution in [1.29, 1.82) is 0 Å². The van der Waals surface area contributed by atoms with Crippen LogP contribution in [0.2, 0.25) is 0 Å². The van der Waals surface area contributed by atoms with Gasteiger partial charge in [0.15, 0.2) is 17.3 Å². The highest BCUT2D eigenvalue weighted by Crippen LogP contribution is 2.28. The van der Waals surface area contributed by atoms with Gasteiger partial charge in [-0.1, -0.05) is 35.6 Å². The molecule has 0 fully saturated rings. The van der Waals surface area contributed by atoms with Crippen LogP contribution in [-0.4, -0.2) is 28.8 Å². The summed E-state index contributed by atoms with van der Waals surface area (Å²) in [4.78, 5) is 17.4. The van der Waals surface area contributed by atoms with Crippen LogP contribution in [0.4, 0.5) is 4.39 Å². The first-order chi connectivity index (χ1) is 14.1. The lowest BCUT2D eigenvalue weighted by Gasteiger charge is -2.07. The third kappa shape index (κ3) is 3.88. The summed E-state index contributed by atoms with van der Waals surface area (Å²) in [5.74, 6) is 1.32. The van der Waals surface area contributed by atoms with Crippen LogP contribution in [0.5, 0.6) is 11.5 Å². The molecule has 0 aliphatic carbocycles. The summed E-state index contributed by atoms with van der Waals surface area (Å²) < 4.78 is 25.5. The standard InChI is InChI=1S/C21H16FN3O3S/c1-27-16-8-6-13(11-17(16)28-2)7-9-19-23-21-25(24-19)20(26)18(29-21)12-14-4-3-5-15(22)10-14/h3-12H,1-2H3. The lowest BCUT2D eigenvalue weighted by atomic mass is 10.2. The monoisotopic (exact) mass is 409 g/mol. The molecule has 146 valence electrons. The number of fused-ring (bicyclic) bond motifs is 1. The van der Waals surface area contributed by atoms with E-state index in [-0.39, 0.29) is 11.4 Å². The van der Waals surface area contributed by atoms with E-state index >= 15 is 0 Å². The number of ether oxygens (including phenoxy) is 2. The highest BCUT2D eigenvalue weighted by molar-refractivity contribution is 7.15. The first-order valence-electron chi connectivity index (χ1n) is 8.64. The van der Waals surface area contributed by atoms with Crippen LogP contribution < -0.4 is 19.6 Å². The van der Waals surface area contributed by atoms with Gasteiger partial charge in [0, 0.05) is 0 Å². The Bertz CT molecular complexity index is 1330. The molecule has 29 heavy (non-hydrogen) atoms. The van der Waals surface area contributed by atoms with E-state index in [0.29, 0.717) is 32.4 Å². The molecule has 0 N–H and O–H groups in total. The zero-order valence-corrected chi connectivity index (χ0v) is 16.4. The van der Waals surface area contributed by atoms with E-state index in [9.17, 15) is 9.18 Å². The molecule has 4 rings (SSSR count). The molecule has 0 saturated heterocycles. The highest BCUT2D eigenvalue weighted by atomic mass is 32.1. The number of halogens is 1. The summed E-state index contributed by atoms with van der Waals surface area (Å²) >= 11 is 1.21. The lowest BCUT2D eigenvalue weighted by molar-refractivity contribution is 0.355. The third-order valence-corrected chi connectivity index (χ3v) is 5.14. The molecule has 0 aliphatic rings. The van der Waals surface area contributed by atoms with Crippen LogP contribution >= 0.6 is 11.3 Å². The molecule has 0 radical (unpaired) electrons. The minimum Gasteiger partial charge on any atom is -0.493 e. The minimum atomic E-state index is -0.353. The molecule has 0 bridgehead atoms. The van der Waals surface area contributed by atoms with E-state index in [4.69, 9.17) is 9.47 Å². The van der Waals surface area contributed by atoms with E-state index in [2.05, 4.69) is 10.1 Å². The maximum absolute atomic E-state index is 13.3. The van der Waals surface area contributed by atoms with Gasteiger partial charge in [0.05, 0.1) is 18.8 Å². The van der Waals surface area contributed by atoms with Gasteiger partial charge < -0.3 is 9.47 Å². The van der Waals surface area contributed by atoms with Crippen molar-refractivity contribution in [2.45, 2.75) is 0 Å². The second-order valence-electron chi connectivity index (χ2n) is 6.08. The molecule has 0 atom stereocenters. The summed E-state index contributed by atoms with van der Waals surface area (Å²) in [6, 6.07) is 11.6. The van der Waals surface area contributed by atoms with Gasteiger partial charge in [0.1, 0.15) is 5.82 Å². The van der Waals surface area contributed by atoms with Gasteiger partial charge in [0.25, 0.3) is 5.56 Å². The normalized spacial score (nSPS) is 12.2. The van der Waals surface area contributed by atoms with Crippen molar-refractivity contribution in [2.75, 3.05) is 14.2 Å². The number of hydrogen-bond donors (Lipinski definition) is 0. The molecule has 0 unspecified atom stereocenters. The topological polar surface area (TPSA) is 65.7 Å². The molecule has 0 amide bonds. The van der Waals surface area contributed by atoms with Crippen molar-refractivity contribution < 1.29 is 13.9 Å². The average molecular weight is 409 g/mol. The van der Waals surface area contributed by atoms with Crippen molar-refractivity contribution in [3.63, 3.8) is 0 Å². The SMILES string of the molecule is COc1ccc(C=Cc2nc3sc(=Cc4cccc(F)c4)c(=O)n3n2)cc1OC. The van der Waals surface area contributed by atoms with Gasteiger partial charge in [-0.2, -0.15) is 9.50 Å². The Morgan fingerprint density at radius 1 is 1.03 bits per heavy atom. The molecule has 2 aromatic heterocycles. The van der Waals surface area contributed by atoms with Gasteiger partial charge in [0.2, 0.25) is 4.96 Å². The Hall–Kier alpha value is -3.52. The maximum Gasteiger partial charge on any atom is 0.291 e. The van der Waals surface area contributed by atoms with Crippen LogP contribution in [-0.2, 0) is 0 Å². The first kappa shape index (κ1) is 18.8. The maximum atomic E-state index is 13.3. The minimum absolute atomic E-state index is 0.285. The van der Waals surface area contributed by atoms with Gasteiger partial charge in [-0.15, -0.1) is 5.10 Å². The fourth-order valence-electron chi connectivity index (χ4n) is 2.79. The van der Waals surface area contributed by atoms with Crippen molar-refractivity contribution in [3.05, 3.63) is 80.1 Å². The van der Waals surface area contributed by atoms with Crippen LogP contribution in [0, 0.1) is 5.82 Å². The molecule has 0 spiro atoms. The molecule has 0 aliphatic heterocycles. The number of nitrogens with zero attached hydrogens (tertiary/aromatic N) is 3. The molecule has 0 saturated carbocycles. The van der Waals surface area contributed by atoms with Gasteiger partial charge in [-0.05, 0) is 47.5 Å². The molecule has 2 aromatic carbocycles. The lowest BCUT2D eigenvalue weighted by Crippen LogP contribution is -2.23. The van der Waals surface area contributed by atoms with E-state index in [1.54, 1.807) is 38.5 Å². The highest BCUT2D eigenvalue weighted by Gasteiger charge is 2.09. The van der Waals surface area contributed by atoms with Crippen molar-refractivity contribution in [2.24, 2.45) is 0 Å². The Morgan fingerprint density at radius 3 is 2.59 bits per heavy atom. The fourth-order valence-corrected chi connectivity index (χ4v) is 3.71. The van der Waals surface area contributed by atoms with Crippen molar-refractivity contribution in [3.8, 4) is 11.5 Å². The number of rotatable bonds is 5. The molecular formula is C21H16FN3O3S. The van der Waals surface area contributed by atoms with E-state index in [0.717, 1.165) is 5.56 Å². The van der Waals surface area contributed by atoms with Gasteiger partial charge >= 0.3 is 0 Å². The Balaban J connectivity index is 1.64. The largest absolute Gasteiger partial charge is 0.493 e. The van der Waals surface area contributed by atoms with Crippen molar-refractivity contribution >= 4 is 34.5 Å². The summed E-state index contributed by atoms with van der Waals surface area (Å²) in [5.41, 5.74) is 1.20. The molecule has 8 heteroatoms. The van der Waals surface area contributed by atoms with Crippen LogP contribution in [0.3, 0.4) is 0 Å². The Morgan fingerprint density at radius 2 is 1.86 bits per heavy atom. The van der Waals surface area contributed by atoms with Crippen LogP contribution in [0.15, 0.2) is 47.3 Å². The summed E-state index contributed by atoms with van der Waals surface area (Å²) in [6.07, 6.45) is 5.17. The number of hydrogen-bond acceptors (Lipinski definition) is 6. The number of aromatic nitrogens is 3. The smallest absolute Gasteiger partial charge is 0.291 e. The average Bonchev–Trinajstić information content (AvgIpc) is 3.25. The number of thiazole rings is 1. The summed E-state index contributed by atoms with van der Waals surface area (Å²) in [6.45, 7) is 0.